The Hall–Kier alpha value is -3.52. The highest BCUT2D eigenvalue weighted by atomic mass is 35.5. The van der Waals surface area contributed by atoms with Crippen LogP contribution in [0, 0.1) is 0 Å². The van der Waals surface area contributed by atoms with Crippen LogP contribution < -0.4 is 19.7 Å². The lowest BCUT2D eigenvalue weighted by Gasteiger charge is -2.16. The lowest BCUT2D eigenvalue weighted by atomic mass is 10.2. The number of amides is 2. The topological polar surface area (TPSA) is 84.9 Å². The van der Waals surface area contributed by atoms with Gasteiger partial charge in [-0.15, -0.1) is 0 Å². The van der Waals surface area contributed by atoms with Crippen LogP contribution >= 0.6 is 34.8 Å². The summed E-state index contributed by atoms with van der Waals surface area (Å²) in [5.74, 6) is -1.22. The molecule has 0 spiro atoms. The first-order chi connectivity index (χ1) is 16.8. The van der Waals surface area contributed by atoms with Gasteiger partial charge in [-0.05, 0) is 61.5 Å². The maximum atomic E-state index is 12.9. The fraction of sp³-hybridized carbons (Fsp3) is 0.0800. The summed E-state index contributed by atoms with van der Waals surface area (Å²) in [5, 5.41) is 3.07. The fourth-order valence-corrected chi connectivity index (χ4v) is 4.04. The third-order valence-corrected chi connectivity index (χ3v) is 5.66. The van der Waals surface area contributed by atoms with Gasteiger partial charge in [0.25, 0.3) is 11.8 Å². The van der Waals surface area contributed by atoms with Crippen molar-refractivity contribution in [3.63, 3.8) is 0 Å². The SMILES string of the molecule is CCOc1ccccc1OC(=O)c1ccc(NC2=C(Cl)C(=O)N(c3cc(Cl)cc(Cl)c3)C2=O)cc1. The van der Waals surface area contributed by atoms with Gasteiger partial charge in [0.15, 0.2) is 11.5 Å². The van der Waals surface area contributed by atoms with Crippen LogP contribution in [0.3, 0.4) is 0 Å². The minimum atomic E-state index is -0.717. The molecule has 4 rings (SSSR count). The van der Waals surface area contributed by atoms with Crippen LogP contribution in [0.25, 0.3) is 0 Å². The highest BCUT2D eigenvalue weighted by Crippen LogP contribution is 2.33. The van der Waals surface area contributed by atoms with Crippen LogP contribution in [0.2, 0.25) is 10.0 Å². The molecule has 2 amide bonds. The maximum Gasteiger partial charge on any atom is 0.343 e. The molecule has 3 aromatic rings. The molecular formula is C25H17Cl3N2O5. The zero-order chi connectivity index (χ0) is 25.1. The second kappa shape index (κ2) is 10.4. The average Bonchev–Trinajstić information content (AvgIpc) is 3.03. The molecule has 35 heavy (non-hydrogen) atoms. The molecule has 0 bridgehead atoms. The van der Waals surface area contributed by atoms with Crippen molar-refractivity contribution >= 4 is 64.0 Å². The summed E-state index contributed by atoms with van der Waals surface area (Å²) < 4.78 is 10.9. The normalized spacial score (nSPS) is 13.3. The lowest BCUT2D eigenvalue weighted by molar-refractivity contribution is -0.120. The molecule has 1 aliphatic rings. The predicted molar refractivity (Wildman–Crippen MR) is 134 cm³/mol. The molecule has 0 fully saturated rings. The van der Waals surface area contributed by atoms with Gasteiger partial charge in [0.05, 0.1) is 17.9 Å². The Bertz CT molecular complexity index is 1340. The number of carbonyl (C=O) groups is 3. The Morgan fingerprint density at radius 2 is 1.51 bits per heavy atom. The van der Waals surface area contributed by atoms with E-state index in [-0.39, 0.29) is 32.0 Å². The first-order valence-corrected chi connectivity index (χ1v) is 11.5. The van der Waals surface area contributed by atoms with E-state index in [1.165, 1.54) is 30.3 Å². The van der Waals surface area contributed by atoms with Crippen molar-refractivity contribution in [1.82, 2.24) is 0 Å². The molecule has 0 aliphatic carbocycles. The van der Waals surface area contributed by atoms with Crippen molar-refractivity contribution in [1.29, 1.82) is 0 Å². The summed E-state index contributed by atoms with van der Waals surface area (Å²) in [6.07, 6.45) is 0. The number of hydrogen-bond acceptors (Lipinski definition) is 6. The second-order valence-electron chi connectivity index (χ2n) is 7.23. The Kier molecular flexibility index (Phi) is 7.31. The van der Waals surface area contributed by atoms with Crippen molar-refractivity contribution in [2.75, 3.05) is 16.8 Å². The van der Waals surface area contributed by atoms with Crippen LogP contribution in [0.15, 0.2) is 77.5 Å². The van der Waals surface area contributed by atoms with E-state index in [4.69, 9.17) is 44.3 Å². The molecule has 0 unspecified atom stereocenters. The number of hydrogen-bond donors (Lipinski definition) is 1. The van der Waals surface area contributed by atoms with Gasteiger partial charge < -0.3 is 14.8 Å². The third kappa shape index (κ3) is 5.27. The molecule has 0 aromatic heterocycles. The summed E-state index contributed by atoms with van der Waals surface area (Å²) in [4.78, 5) is 39.0. The Morgan fingerprint density at radius 3 is 2.14 bits per heavy atom. The molecule has 0 atom stereocenters. The number of rotatable bonds is 7. The summed E-state index contributed by atoms with van der Waals surface area (Å²) in [6.45, 7) is 2.26. The van der Waals surface area contributed by atoms with Crippen LogP contribution in [0.4, 0.5) is 11.4 Å². The Morgan fingerprint density at radius 1 is 0.886 bits per heavy atom. The van der Waals surface area contributed by atoms with Crippen molar-refractivity contribution in [2.24, 2.45) is 0 Å². The quantitative estimate of drug-likeness (QED) is 0.227. The number of nitrogens with zero attached hydrogens (tertiary/aromatic N) is 1. The number of benzene rings is 3. The minimum absolute atomic E-state index is 0.117. The standard InChI is InChI=1S/C25H17Cl3N2O5/c1-2-34-19-5-3-4-6-20(19)35-25(33)14-7-9-17(10-8-14)29-22-21(28)23(31)30(24(22)32)18-12-15(26)11-16(27)13-18/h3-13,29H,2H2,1H3. The molecule has 0 saturated carbocycles. The van der Waals surface area contributed by atoms with Gasteiger partial charge in [-0.25, -0.2) is 9.69 Å². The van der Waals surface area contributed by atoms with Gasteiger partial charge in [-0.3, -0.25) is 9.59 Å². The first kappa shape index (κ1) is 24.6. The van der Waals surface area contributed by atoms with E-state index < -0.39 is 17.8 Å². The molecule has 3 aromatic carbocycles. The molecule has 178 valence electrons. The zero-order valence-corrected chi connectivity index (χ0v) is 20.4. The van der Waals surface area contributed by atoms with Crippen molar-refractivity contribution in [2.45, 2.75) is 6.92 Å². The van der Waals surface area contributed by atoms with E-state index in [1.807, 2.05) is 6.92 Å². The smallest absolute Gasteiger partial charge is 0.343 e. The number of ether oxygens (including phenoxy) is 2. The van der Waals surface area contributed by atoms with Gasteiger partial charge >= 0.3 is 5.97 Å². The molecule has 0 saturated heterocycles. The van der Waals surface area contributed by atoms with Crippen molar-refractivity contribution < 1.29 is 23.9 Å². The van der Waals surface area contributed by atoms with Gasteiger partial charge in [0.2, 0.25) is 0 Å². The third-order valence-electron chi connectivity index (χ3n) is 4.87. The minimum Gasteiger partial charge on any atom is -0.490 e. The van der Waals surface area contributed by atoms with Crippen molar-refractivity contribution in [3.05, 3.63) is 93.1 Å². The van der Waals surface area contributed by atoms with E-state index >= 15 is 0 Å². The molecule has 7 nitrogen and oxygen atoms in total. The Balaban J connectivity index is 1.49. The number of carbonyl (C=O) groups excluding carboxylic acids is 3. The largest absolute Gasteiger partial charge is 0.490 e. The predicted octanol–water partition coefficient (Wildman–Crippen LogP) is 6.05. The molecule has 0 radical (unpaired) electrons. The first-order valence-electron chi connectivity index (χ1n) is 10.3. The number of para-hydroxylation sites is 2. The summed E-state index contributed by atoms with van der Waals surface area (Å²) in [7, 11) is 0. The monoisotopic (exact) mass is 530 g/mol. The summed E-state index contributed by atoms with van der Waals surface area (Å²) in [5.41, 5.74) is 0.772. The van der Waals surface area contributed by atoms with E-state index in [2.05, 4.69) is 5.32 Å². The van der Waals surface area contributed by atoms with E-state index in [1.54, 1.807) is 36.4 Å². The van der Waals surface area contributed by atoms with Crippen LogP contribution in [0.1, 0.15) is 17.3 Å². The van der Waals surface area contributed by atoms with Crippen LogP contribution in [-0.4, -0.2) is 24.4 Å². The Labute approximate surface area is 215 Å². The fourth-order valence-electron chi connectivity index (χ4n) is 3.32. The lowest BCUT2D eigenvalue weighted by Crippen LogP contribution is -2.32. The van der Waals surface area contributed by atoms with Crippen LogP contribution in [0.5, 0.6) is 11.5 Å². The van der Waals surface area contributed by atoms with Crippen LogP contribution in [-0.2, 0) is 9.59 Å². The highest BCUT2D eigenvalue weighted by Gasteiger charge is 2.39. The average molecular weight is 532 g/mol. The second-order valence-corrected chi connectivity index (χ2v) is 8.48. The van der Waals surface area contributed by atoms with E-state index in [0.717, 1.165) is 4.90 Å². The zero-order valence-electron chi connectivity index (χ0n) is 18.2. The molecule has 1 N–H and O–H groups in total. The van der Waals surface area contributed by atoms with Gasteiger partial charge in [-0.1, -0.05) is 46.9 Å². The number of imide groups is 1. The van der Waals surface area contributed by atoms with Gasteiger partial charge in [0.1, 0.15) is 10.7 Å². The number of anilines is 2. The molecule has 1 aliphatic heterocycles. The number of esters is 1. The van der Waals surface area contributed by atoms with E-state index in [0.29, 0.717) is 23.8 Å². The number of halogens is 3. The maximum absolute atomic E-state index is 12.9. The summed E-state index contributed by atoms with van der Waals surface area (Å²) in [6, 6.07) is 17.3. The summed E-state index contributed by atoms with van der Waals surface area (Å²) >= 11 is 18.2. The number of nitrogens with one attached hydrogen (secondary N) is 1. The van der Waals surface area contributed by atoms with Gasteiger partial charge in [0, 0.05) is 15.7 Å². The van der Waals surface area contributed by atoms with Gasteiger partial charge in [-0.2, -0.15) is 0 Å². The molecule has 1 heterocycles. The molecule has 10 heteroatoms. The molecular weight excluding hydrogens is 515 g/mol. The highest BCUT2D eigenvalue weighted by molar-refractivity contribution is 6.53. The van der Waals surface area contributed by atoms with Crippen molar-refractivity contribution in [3.8, 4) is 11.5 Å². The van der Waals surface area contributed by atoms with E-state index in [9.17, 15) is 14.4 Å².